The molecule has 3 N–H and O–H groups in total. The lowest BCUT2D eigenvalue weighted by Crippen LogP contribution is -2.46. The van der Waals surface area contributed by atoms with Gasteiger partial charge in [-0.2, -0.15) is 0 Å². The Morgan fingerprint density at radius 1 is 1.67 bits per heavy atom. The molecule has 1 rings (SSSR count). The van der Waals surface area contributed by atoms with Crippen LogP contribution in [0.4, 0.5) is 0 Å². The second-order valence-electron chi connectivity index (χ2n) is 3.26. The number of amides is 1. The molecule has 70 valence electrons. The van der Waals surface area contributed by atoms with E-state index in [1.807, 2.05) is 6.92 Å². The third-order valence-electron chi connectivity index (χ3n) is 2.25. The van der Waals surface area contributed by atoms with Crippen molar-refractivity contribution in [3.8, 4) is 0 Å². The zero-order valence-corrected chi connectivity index (χ0v) is 7.42. The van der Waals surface area contributed by atoms with E-state index in [1.165, 1.54) is 0 Å². The fraction of sp³-hybridized carbons (Fsp3) is 0.875. The van der Waals surface area contributed by atoms with E-state index in [0.29, 0.717) is 13.1 Å². The molecule has 0 aromatic rings. The summed E-state index contributed by atoms with van der Waals surface area (Å²) in [4.78, 5) is 13.1. The van der Waals surface area contributed by atoms with Gasteiger partial charge in [-0.3, -0.25) is 4.79 Å². The second-order valence-corrected chi connectivity index (χ2v) is 3.26. The van der Waals surface area contributed by atoms with Crippen molar-refractivity contribution in [2.24, 2.45) is 5.73 Å². The lowest BCUT2D eigenvalue weighted by molar-refractivity contribution is -0.133. The summed E-state index contributed by atoms with van der Waals surface area (Å²) < 4.78 is 0. The molecule has 0 unspecified atom stereocenters. The van der Waals surface area contributed by atoms with Crippen LogP contribution in [0.15, 0.2) is 0 Å². The van der Waals surface area contributed by atoms with E-state index >= 15 is 0 Å². The average Bonchev–Trinajstić information content (AvgIpc) is 2.79. The fourth-order valence-electron chi connectivity index (χ4n) is 1.19. The third-order valence-corrected chi connectivity index (χ3v) is 2.25. The Hall–Kier alpha value is -0.610. The van der Waals surface area contributed by atoms with Gasteiger partial charge >= 0.3 is 0 Å². The maximum absolute atomic E-state index is 11.5. The zero-order chi connectivity index (χ0) is 9.19. The molecular formula is C8H16N2O2. The number of hydrogen-bond acceptors (Lipinski definition) is 3. The molecule has 0 aromatic carbocycles. The van der Waals surface area contributed by atoms with Gasteiger partial charge in [0.15, 0.2) is 0 Å². The first kappa shape index (κ1) is 9.48. The smallest absolute Gasteiger partial charge is 0.242 e. The number of likely N-dealkylation sites (N-methyl/N-ethyl adjacent to an activating group) is 1. The number of nitrogens with zero attached hydrogens (tertiary/aromatic N) is 1. The number of carbonyl (C=O) groups is 1. The van der Waals surface area contributed by atoms with Crippen molar-refractivity contribution >= 4 is 5.91 Å². The number of carbonyl (C=O) groups excluding carboxylic acids is 1. The minimum Gasteiger partial charge on any atom is -0.395 e. The van der Waals surface area contributed by atoms with Gasteiger partial charge in [0.2, 0.25) is 5.91 Å². The quantitative estimate of drug-likeness (QED) is 0.590. The Balaban J connectivity index is 2.48. The van der Waals surface area contributed by atoms with E-state index in [2.05, 4.69) is 0 Å². The molecule has 0 spiro atoms. The maximum atomic E-state index is 11.5. The van der Waals surface area contributed by atoms with Gasteiger partial charge in [-0.15, -0.1) is 0 Å². The highest BCUT2D eigenvalue weighted by Gasteiger charge is 2.47. The molecule has 4 nitrogen and oxygen atoms in total. The Kier molecular flexibility index (Phi) is 2.69. The molecule has 12 heavy (non-hydrogen) atoms. The summed E-state index contributed by atoms with van der Waals surface area (Å²) in [6.07, 6.45) is 1.57. The van der Waals surface area contributed by atoms with Crippen LogP contribution in [-0.2, 0) is 4.79 Å². The highest BCUT2D eigenvalue weighted by molar-refractivity contribution is 5.89. The van der Waals surface area contributed by atoms with Crippen LogP contribution in [0.2, 0.25) is 0 Å². The van der Waals surface area contributed by atoms with Crippen LogP contribution in [-0.4, -0.2) is 41.1 Å². The number of hydrogen-bond donors (Lipinski definition) is 2. The average molecular weight is 172 g/mol. The Bertz CT molecular complexity index is 178. The third kappa shape index (κ3) is 1.76. The molecule has 1 fully saturated rings. The molecule has 0 radical (unpaired) electrons. The predicted octanol–water partition coefficient (Wildman–Crippen LogP) is -0.681. The van der Waals surface area contributed by atoms with E-state index in [4.69, 9.17) is 10.8 Å². The molecule has 0 atom stereocenters. The first-order valence-electron chi connectivity index (χ1n) is 4.33. The number of nitrogens with two attached hydrogens (primary N) is 1. The van der Waals surface area contributed by atoms with E-state index in [1.54, 1.807) is 4.90 Å². The fourth-order valence-corrected chi connectivity index (χ4v) is 1.19. The van der Waals surface area contributed by atoms with Gasteiger partial charge < -0.3 is 15.7 Å². The molecule has 1 aliphatic rings. The molecule has 1 amide bonds. The minimum atomic E-state index is -0.592. The number of aliphatic hydroxyl groups is 1. The van der Waals surface area contributed by atoms with Crippen LogP contribution in [0.3, 0.4) is 0 Å². The zero-order valence-electron chi connectivity index (χ0n) is 7.42. The molecule has 0 bridgehead atoms. The van der Waals surface area contributed by atoms with Crippen LogP contribution in [0.25, 0.3) is 0 Å². The number of rotatable bonds is 4. The molecule has 1 saturated carbocycles. The van der Waals surface area contributed by atoms with Gasteiger partial charge in [-0.05, 0) is 19.8 Å². The molecule has 4 heteroatoms. The second kappa shape index (κ2) is 3.41. The molecular weight excluding hydrogens is 156 g/mol. The first-order valence-corrected chi connectivity index (χ1v) is 4.33. The van der Waals surface area contributed by atoms with Gasteiger partial charge in [0.25, 0.3) is 0 Å². The Morgan fingerprint density at radius 2 is 2.25 bits per heavy atom. The molecule has 0 heterocycles. The topological polar surface area (TPSA) is 66.6 Å². The lowest BCUT2D eigenvalue weighted by atomic mass is 10.2. The van der Waals surface area contributed by atoms with Gasteiger partial charge in [-0.25, -0.2) is 0 Å². The van der Waals surface area contributed by atoms with E-state index in [-0.39, 0.29) is 12.5 Å². The molecule has 0 saturated heterocycles. The Labute approximate surface area is 72.3 Å². The highest BCUT2D eigenvalue weighted by atomic mass is 16.3. The Morgan fingerprint density at radius 3 is 2.58 bits per heavy atom. The summed E-state index contributed by atoms with van der Waals surface area (Å²) in [5, 5.41) is 8.67. The largest absolute Gasteiger partial charge is 0.395 e. The lowest BCUT2D eigenvalue weighted by Gasteiger charge is -2.22. The summed E-state index contributed by atoms with van der Waals surface area (Å²) in [6.45, 7) is 2.92. The van der Waals surface area contributed by atoms with Gasteiger partial charge in [0, 0.05) is 13.1 Å². The SMILES string of the molecule is CCN(CCO)C(=O)C1(N)CC1. The number of aliphatic hydroxyl groups excluding tert-OH is 1. The highest BCUT2D eigenvalue weighted by Crippen LogP contribution is 2.33. The van der Waals surface area contributed by atoms with E-state index in [9.17, 15) is 4.79 Å². The van der Waals surface area contributed by atoms with Crippen molar-refractivity contribution in [3.05, 3.63) is 0 Å². The van der Waals surface area contributed by atoms with E-state index < -0.39 is 5.54 Å². The van der Waals surface area contributed by atoms with Crippen molar-refractivity contribution in [2.75, 3.05) is 19.7 Å². The predicted molar refractivity (Wildman–Crippen MR) is 45.5 cm³/mol. The molecule has 0 aromatic heterocycles. The van der Waals surface area contributed by atoms with Crippen LogP contribution in [0.5, 0.6) is 0 Å². The summed E-state index contributed by atoms with van der Waals surface area (Å²) in [5.74, 6) is -0.0148. The van der Waals surface area contributed by atoms with Crippen LogP contribution < -0.4 is 5.73 Å². The first-order chi connectivity index (χ1) is 5.64. The van der Waals surface area contributed by atoms with Crippen LogP contribution in [0, 0.1) is 0 Å². The van der Waals surface area contributed by atoms with Gasteiger partial charge in [-0.1, -0.05) is 0 Å². The van der Waals surface area contributed by atoms with Crippen molar-refractivity contribution < 1.29 is 9.90 Å². The molecule has 0 aliphatic heterocycles. The van der Waals surface area contributed by atoms with Crippen LogP contribution >= 0.6 is 0 Å². The standard InChI is InChI=1S/C8H16N2O2/c1-2-10(5-6-11)7(12)8(9)3-4-8/h11H,2-6,9H2,1H3. The monoisotopic (exact) mass is 172 g/mol. The van der Waals surface area contributed by atoms with Crippen molar-refractivity contribution in [2.45, 2.75) is 25.3 Å². The summed E-state index contributed by atoms with van der Waals surface area (Å²) in [5.41, 5.74) is 5.13. The summed E-state index contributed by atoms with van der Waals surface area (Å²) >= 11 is 0. The van der Waals surface area contributed by atoms with Crippen molar-refractivity contribution in [1.82, 2.24) is 4.90 Å². The summed E-state index contributed by atoms with van der Waals surface area (Å²) in [7, 11) is 0. The van der Waals surface area contributed by atoms with Gasteiger partial charge in [0.05, 0.1) is 12.1 Å². The van der Waals surface area contributed by atoms with Crippen molar-refractivity contribution in [3.63, 3.8) is 0 Å². The summed E-state index contributed by atoms with van der Waals surface area (Å²) in [6, 6.07) is 0. The van der Waals surface area contributed by atoms with E-state index in [0.717, 1.165) is 12.8 Å². The maximum Gasteiger partial charge on any atom is 0.242 e. The van der Waals surface area contributed by atoms with Gasteiger partial charge in [0.1, 0.15) is 0 Å². The minimum absolute atomic E-state index is 0.00958. The van der Waals surface area contributed by atoms with Crippen LogP contribution in [0.1, 0.15) is 19.8 Å². The normalized spacial score (nSPS) is 18.9. The molecule has 1 aliphatic carbocycles. The van der Waals surface area contributed by atoms with Crippen molar-refractivity contribution in [1.29, 1.82) is 0 Å².